The number of rotatable bonds is 5. The van der Waals surface area contributed by atoms with Gasteiger partial charge in [0.2, 0.25) is 10.0 Å². The molecule has 0 spiro atoms. The second-order valence-corrected chi connectivity index (χ2v) is 6.69. The van der Waals surface area contributed by atoms with Gasteiger partial charge in [-0.05, 0) is 42.5 Å². The quantitative estimate of drug-likeness (QED) is 0.880. The smallest absolute Gasteiger partial charge is 0.255 e. The van der Waals surface area contributed by atoms with Gasteiger partial charge in [0.1, 0.15) is 0 Å². The molecule has 7 heteroatoms. The van der Waals surface area contributed by atoms with E-state index in [9.17, 15) is 13.2 Å². The van der Waals surface area contributed by atoms with Crippen molar-refractivity contribution in [2.24, 2.45) is 0 Å². The Morgan fingerprint density at radius 2 is 1.82 bits per heavy atom. The van der Waals surface area contributed by atoms with Crippen LogP contribution in [0.4, 0.5) is 5.69 Å². The van der Waals surface area contributed by atoms with Crippen molar-refractivity contribution >= 4 is 33.2 Å². The van der Waals surface area contributed by atoms with E-state index < -0.39 is 10.0 Å². The summed E-state index contributed by atoms with van der Waals surface area (Å²) in [7, 11) is -3.52. The van der Waals surface area contributed by atoms with E-state index >= 15 is 0 Å². The van der Waals surface area contributed by atoms with E-state index in [0.717, 1.165) is 0 Å². The van der Waals surface area contributed by atoms with Gasteiger partial charge in [0.15, 0.2) is 0 Å². The van der Waals surface area contributed by atoms with E-state index in [2.05, 4.69) is 10.0 Å². The van der Waals surface area contributed by atoms with Gasteiger partial charge in [-0.3, -0.25) is 4.79 Å². The zero-order valence-electron chi connectivity index (χ0n) is 11.8. The van der Waals surface area contributed by atoms with E-state index in [1.165, 1.54) is 24.3 Å². The minimum Gasteiger partial charge on any atom is -0.322 e. The third kappa shape index (κ3) is 4.07. The van der Waals surface area contributed by atoms with Crippen LogP contribution in [0.15, 0.2) is 53.4 Å². The normalized spacial score (nSPS) is 11.2. The number of anilines is 1. The number of carbonyl (C=O) groups is 1. The number of nitrogens with one attached hydrogen (secondary N) is 2. The summed E-state index contributed by atoms with van der Waals surface area (Å²) in [5.41, 5.74) is 0.928. The standard InChI is InChI=1S/C15H15ClN2O3S/c1-2-17-22(20,21)14-8-6-11(7-9-14)15(19)18-13-5-3-4-12(16)10-13/h3-10,17H,2H2,1H3,(H,18,19). The van der Waals surface area contributed by atoms with Crippen molar-refractivity contribution in [3.8, 4) is 0 Å². The summed E-state index contributed by atoms with van der Waals surface area (Å²) in [5.74, 6) is -0.338. The van der Waals surface area contributed by atoms with Crippen LogP contribution in [0.5, 0.6) is 0 Å². The number of sulfonamides is 1. The Hall–Kier alpha value is -1.89. The van der Waals surface area contributed by atoms with E-state index in [-0.39, 0.29) is 10.8 Å². The van der Waals surface area contributed by atoms with Gasteiger partial charge in [0.05, 0.1) is 4.90 Å². The molecular formula is C15H15ClN2O3S. The summed E-state index contributed by atoms with van der Waals surface area (Å²) in [4.78, 5) is 12.2. The average Bonchev–Trinajstić information content (AvgIpc) is 2.47. The van der Waals surface area contributed by atoms with Gasteiger partial charge < -0.3 is 5.32 Å². The molecule has 2 aromatic carbocycles. The van der Waals surface area contributed by atoms with Crippen molar-refractivity contribution in [1.29, 1.82) is 0 Å². The van der Waals surface area contributed by atoms with E-state index in [1.807, 2.05) is 0 Å². The van der Waals surface area contributed by atoms with Gasteiger partial charge in [-0.1, -0.05) is 24.6 Å². The van der Waals surface area contributed by atoms with E-state index in [4.69, 9.17) is 11.6 Å². The largest absolute Gasteiger partial charge is 0.322 e. The van der Waals surface area contributed by atoms with Crippen LogP contribution >= 0.6 is 11.6 Å². The molecular weight excluding hydrogens is 324 g/mol. The van der Waals surface area contributed by atoms with Crippen molar-refractivity contribution in [1.82, 2.24) is 4.72 Å². The van der Waals surface area contributed by atoms with Crippen molar-refractivity contribution < 1.29 is 13.2 Å². The Morgan fingerprint density at radius 1 is 1.14 bits per heavy atom. The lowest BCUT2D eigenvalue weighted by atomic mass is 10.2. The SMILES string of the molecule is CCNS(=O)(=O)c1ccc(C(=O)Nc2cccc(Cl)c2)cc1. The molecule has 2 aromatic rings. The molecule has 0 aliphatic rings. The lowest BCUT2D eigenvalue weighted by molar-refractivity contribution is 0.102. The monoisotopic (exact) mass is 338 g/mol. The Bertz CT molecular complexity index is 774. The third-order valence-corrected chi connectivity index (χ3v) is 4.64. The summed E-state index contributed by atoms with van der Waals surface area (Å²) in [5, 5.41) is 3.21. The fourth-order valence-corrected chi connectivity index (χ4v) is 3.06. The second-order valence-electron chi connectivity index (χ2n) is 4.49. The average molecular weight is 339 g/mol. The van der Waals surface area contributed by atoms with Gasteiger partial charge in [-0.15, -0.1) is 0 Å². The lowest BCUT2D eigenvalue weighted by Crippen LogP contribution is -2.23. The van der Waals surface area contributed by atoms with Gasteiger partial charge in [-0.25, -0.2) is 13.1 Å². The molecule has 0 radical (unpaired) electrons. The van der Waals surface area contributed by atoms with E-state index in [0.29, 0.717) is 22.8 Å². The van der Waals surface area contributed by atoms with Crippen LogP contribution in [0.2, 0.25) is 5.02 Å². The van der Waals surface area contributed by atoms with Gasteiger partial charge in [-0.2, -0.15) is 0 Å². The first kappa shape index (κ1) is 16.5. The van der Waals surface area contributed by atoms with Crippen molar-refractivity contribution in [2.45, 2.75) is 11.8 Å². The molecule has 116 valence electrons. The molecule has 1 amide bonds. The molecule has 22 heavy (non-hydrogen) atoms. The topological polar surface area (TPSA) is 75.3 Å². The third-order valence-electron chi connectivity index (χ3n) is 2.84. The van der Waals surface area contributed by atoms with Crippen LogP contribution in [0.1, 0.15) is 17.3 Å². The van der Waals surface area contributed by atoms with Crippen molar-refractivity contribution in [3.63, 3.8) is 0 Å². The van der Waals surface area contributed by atoms with E-state index in [1.54, 1.807) is 31.2 Å². The van der Waals surface area contributed by atoms with Crippen LogP contribution in [0.3, 0.4) is 0 Å². The Balaban J connectivity index is 2.15. The molecule has 5 nitrogen and oxygen atoms in total. The highest BCUT2D eigenvalue weighted by atomic mass is 35.5. The summed E-state index contributed by atoms with van der Waals surface area (Å²) in [6.45, 7) is 2.00. The first-order chi connectivity index (χ1) is 10.4. The lowest BCUT2D eigenvalue weighted by Gasteiger charge is -2.07. The molecule has 0 aliphatic heterocycles. The number of hydrogen-bond donors (Lipinski definition) is 2. The Morgan fingerprint density at radius 3 is 2.41 bits per heavy atom. The minimum atomic E-state index is -3.52. The van der Waals surface area contributed by atoms with Crippen LogP contribution in [0.25, 0.3) is 0 Å². The predicted octanol–water partition coefficient (Wildman–Crippen LogP) is 2.89. The summed E-state index contributed by atoms with van der Waals surface area (Å²) in [6, 6.07) is 12.5. The number of hydrogen-bond acceptors (Lipinski definition) is 3. The van der Waals surface area contributed by atoms with Crippen LogP contribution in [-0.4, -0.2) is 20.9 Å². The molecule has 0 heterocycles. The second kappa shape index (κ2) is 6.91. The molecule has 0 saturated carbocycles. The van der Waals surface area contributed by atoms with Crippen molar-refractivity contribution in [3.05, 3.63) is 59.1 Å². The molecule has 0 saturated heterocycles. The first-order valence-electron chi connectivity index (χ1n) is 6.59. The minimum absolute atomic E-state index is 0.119. The summed E-state index contributed by atoms with van der Waals surface area (Å²) < 4.78 is 26.0. The summed E-state index contributed by atoms with van der Waals surface area (Å²) in [6.07, 6.45) is 0. The fraction of sp³-hybridized carbons (Fsp3) is 0.133. The number of amides is 1. The summed E-state index contributed by atoms with van der Waals surface area (Å²) >= 11 is 5.85. The highest BCUT2D eigenvalue weighted by Crippen LogP contribution is 2.16. The van der Waals surface area contributed by atoms with Gasteiger partial charge >= 0.3 is 0 Å². The van der Waals surface area contributed by atoms with Gasteiger partial charge in [0.25, 0.3) is 5.91 Å². The number of halogens is 1. The van der Waals surface area contributed by atoms with Crippen LogP contribution < -0.4 is 10.0 Å². The number of carbonyl (C=O) groups excluding carboxylic acids is 1. The fourth-order valence-electron chi connectivity index (χ4n) is 1.83. The molecule has 2 N–H and O–H groups in total. The Labute approximate surface area is 134 Å². The van der Waals surface area contributed by atoms with Crippen molar-refractivity contribution in [2.75, 3.05) is 11.9 Å². The first-order valence-corrected chi connectivity index (χ1v) is 8.45. The zero-order chi connectivity index (χ0) is 16.2. The van der Waals surface area contributed by atoms with Crippen LogP contribution in [0, 0.1) is 0 Å². The maximum absolute atomic E-state index is 12.1. The molecule has 0 aromatic heterocycles. The highest BCUT2D eigenvalue weighted by molar-refractivity contribution is 7.89. The molecule has 0 aliphatic carbocycles. The molecule has 2 rings (SSSR count). The van der Waals surface area contributed by atoms with Gasteiger partial charge in [0, 0.05) is 22.8 Å². The Kier molecular flexibility index (Phi) is 5.18. The predicted molar refractivity (Wildman–Crippen MR) is 86.7 cm³/mol. The molecule has 0 unspecified atom stereocenters. The molecule has 0 fully saturated rings. The van der Waals surface area contributed by atoms with Crippen LogP contribution in [-0.2, 0) is 10.0 Å². The maximum atomic E-state index is 12.1. The number of benzene rings is 2. The highest BCUT2D eigenvalue weighted by Gasteiger charge is 2.13. The molecule has 0 bridgehead atoms. The zero-order valence-corrected chi connectivity index (χ0v) is 13.4. The maximum Gasteiger partial charge on any atom is 0.255 e. The molecule has 0 atom stereocenters.